The summed E-state index contributed by atoms with van der Waals surface area (Å²) in [7, 11) is 0. The van der Waals surface area contributed by atoms with Crippen LogP contribution in [-0.4, -0.2) is 51.1 Å². The number of aryl methyl sites for hydroxylation is 1. The molecule has 7 nitrogen and oxygen atoms in total. The Morgan fingerprint density at radius 2 is 2.07 bits per heavy atom. The Balaban J connectivity index is 1.37. The number of hydrogen-bond acceptors (Lipinski definition) is 7. The van der Waals surface area contributed by atoms with Gasteiger partial charge in [0.1, 0.15) is 36.6 Å². The van der Waals surface area contributed by atoms with Gasteiger partial charge in [0.15, 0.2) is 0 Å². The minimum Gasteiger partial charge on any atom is -0.491 e. The zero-order chi connectivity index (χ0) is 20.8. The molecule has 1 unspecified atom stereocenters. The van der Waals surface area contributed by atoms with E-state index in [1.54, 1.807) is 6.33 Å². The summed E-state index contributed by atoms with van der Waals surface area (Å²) in [4.78, 5) is 8.71. The lowest BCUT2D eigenvalue weighted by atomic mass is 9.87. The van der Waals surface area contributed by atoms with Crippen LogP contribution in [0.2, 0.25) is 0 Å². The summed E-state index contributed by atoms with van der Waals surface area (Å²) in [5.74, 6) is 1.26. The molecule has 1 fully saturated rings. The van der Waals surface area contributed by atoms with Crippen molar-refractivity contribution in [3.63, 3.8) is 0 Å². The molecular weight excluding hydrogens is 382 g/mol. The van der Waals surface area contributed by atoms with Crippen LogP contribution in [-0.2, 0) is 6.54 Å². The number of ether oxygens (including phenoxy) is 2. The number of nitrogens with one attached hydrogen (secondary N) is 1. The smallest absolute Gasteiger partial charge is 0.128 e. The van der Waals surface area contributed by atoms with Gasteiger partial charge in [-0.2, -0.15) is 0 Å². The lowest BCUT2D eigenvalue weighted by molar-refractivity contribution is -0.0195. The van der Waals surface area contributed by atoms with Gasteiger partial charge in [-0.15, -0.1) is 0 Å². The molecule has 2 aromatic rings. The lowest BCUT2D eigenvalue weighted by Gasteiger charge is -2.21. The standard InChI is InChI=1S/C23H27N3O4/c1-12-10-29-18-4-3-5-19(17(18)9-24-12)30-20-8-16(22(27)23(20)28)15-7-6-14-13(2)25-11-26-21(14)15/h3-7,11-12,15-16,20,22-24,27-28H,8-10H2,1-2H3/t12-,15?,16-,20-,22-,23+/m0/s1. The summed E-state index contributed by atoms with van der Waals surface area (Å²) in [5, 5.41) is 25.0. The molecule has 6 atom stereocenters. The fourth-order valence-electron chi connectivity index (χ4n) is 4.79. The van der Waals surface area contributed by atoms with Crippen molar-refractivity contribution >= 4 is 6.08 Å². The average molecular weight is 409 g/mol. The van der Waals surface area contributed by atoms with E-state index in [2.05, 4.69) is 28.3 Å². The van der Waals surface area contributed by atoms with Gasteiger partial charge in [-0.3, -0.25) is 0 Å². The Hall–Kier alpha value is -2.48. The Labute approximate surface area is 175 Å². The molecule has 0 saturated heterocycles. The van der Waals surface area contributed by atoms with Gasteiger partial charge >= 0.3 is 0 Å². The van der Waals surface area contributed by atoms with Crippen molar-refractivity contribution in [2.45, 2.75) is 57.1 Å². The predicted octanol–water partition coefficient (Wildman–Crippen LogP) is 1.96. The van der Waals surface area contributed by atoms with Crippen molar-refractivity contribution in [3.05, 3.63) is 53.1 Å². The molecule has 2 heterocycles. The highest BCUT2D eigenvalue weighted by Crippen LogP contribution is 2.44. The maximum absolute atomic E-state index is 10.8. The number of fused-ring (bicyclic) bond motifs is 2. The van der Waals surface area contributed by atoms with Crippen LogP contribution in [0, 0.1) is 12.8 Å². The van der Waals surface area contributed by atoms with E-state index in [0.29, 0.717) is 25.3 Å². The number of rotatable bonds is 3. The van der Waals surface area contributed by atoms with E-state index >= 15 is 0 Å². The van der Waals surface area contributed by atoms with E-state index in [1.807, 2.05) is 31.2 Å². The Kier molecular flexibility index (Phi) is 4.97. The van der Waals surface area contributed by atoms with Gasteiger partial charge in [0, 0.05) is 41.2 Å². The van der Waals surface area contributed by atoms with Crippen LogP contribution in [0.25, 0.3) is 6.08 Å². The molecule has 7 heteroatoms. The maximum atomic E-state index is 10.8. The number of hydrogen-bond donors (Lipinski definition) is 3. The second-order valence-corrected chi connectivity index (χ2v) is 8.51. The second-order valence-electron chi connectivity index (χ2n) is 8.51. The third kappa shape index (κ3) is 3.27. The van der Waals surface area contributed by atoms with Crippen molar-refractivity contribution in [1.29, 1.82) is 0 Å². The van der Waals surface area contributed by atoms with E-state index < -0.39 is 18.3 Å². The minimum atomic E-state index is -0.968. The molecule has 3 N–H and O–H groups in total. The molecule has 0 bridgehead atoms. The normalized spacial score (nSPS) is 32.3. The zero-order valence-electron chi connectivity index (χ0n) is 17.2. The van der Waals surface area contributed by atoms with Gasteiger partial charge in [-0.1, -0.05) is 18.2 Å². The monoisotopic (exact) mass is 409 g/mol. The van der Waals surface area contributed by atoms with Crippen LogP contribution in [0.15, 0.2) is 30.6 Å². The molecule has 158 valence electrons. The molecule has 1 aromatic heterocycles. The Morgan fingerprint density at radius 1 is 1.20 bits per heavy atom. The second kappa shape index (κ2) is 7.65. The third-order valence-corrected chi connectivity index (χ3v) is 6.52. The molecule has 2 aliphatic carbocycles. The van der Waals surface area contributed by atoms with Gasteiger partial charge in [-0.05, 0) is 32.4 Å². The van der Waals surface area contributed by atoms with Crippen molar-refractivity contribution in [2.24, 2.45) is 5.92 Å². The number of nitrogens with zero attached hydrogens (tertiary/aromatic N) is 2. The highest BCUT2D eigenvalue weighted by atomic mass is 16.5. The summed E-state index contributed by atoms with van der Waals surface area (Å²) in [5.41, 5.74) is 3.80. The number of allylic oxidation sites excluding steroid dienone is 1. The molecule has 0 spiro atoms. The third-order valence-electron chi connectivity index (χ3n) is 6.52. The molecule has 1 aliphatic heterocycles. The molecule has 30 heavy (non-hydrogen) atoms. The largest absolute Gasteiger partial charge is 0.491 e. The van der Waals surface area contributed by atoms with Crippen LogP contribution in [0.3, 0.4) is 0 Å². The van der Waals surface area contributed by atoms with Gasteiger partial charge in [0.25, 0.3) is 0 Å². The number of aliphatic hydroxyl groups is 2. The number of aromatic nitrogens is 2. The molecule has 0 radical (unpaired) electrons. The lowest BCUT2D eigenvalue weighted by Crippen LogP contribution is -2.34. The topological polar surface area (TPSA) is 96.7 Å². The molecular formula is C23H27N3O4. The number of benzene rings is 1. The molecule has 3 aliphatic rings. The van der Waals surface area contributed by atoms with E-state index in [4.69, 9.17) is 9.47 Å². The van der Waals surface area contributed by atoms with Gasteiger partial charge in [-0.25, -0.2) is 9.97 Å². The maximum Gasteiger partial charge on any atom is 0.128 e. The van der Waals surface area contributed by atoms with Crippen molar-refractivity contribution in [2.75, 3.05) is 6.61 Å². The predicted molar refractivity (Wildman–Crippen MR) is 111 cm³/mol. The van der Waals surface area contributed by atoms with E-state index in [0.717, 1.165) is 28.3 Å². The van der Waals surface area contributed by atoms with Gasteiger partial charge in [0.2, 0.25) is 0 Å². The van der Waals surface area contributed by atoms with Crippen LogP contribution < -0.4 is 14.8 Å². The highest BCUT2D eigenvalue weighted by Gasteiger charge is 2.47. The van der Waals surface area contributed by atoms with Crippen molar-refractivity contribution in [1.82, 2.24) is 15.3 Å². The summed E-state index contributed by atoms with van der Waals surface area (Å²) < 4.78 is 12.2. The van der Waals surface area contributed by atoms with Gasteiger partial charge in [0.05, 0.1) is 11.8 Å². The number of aliphatic hydroxyl groups excluding tert-OH is 2. The van der Waals surface area contributed by atoms with Crippen LogP contribution >= 0.6 is 0 Å². The Bertz CT molecular complexity index is 979. The molecule has 1 aromatic carbocycles. The highest BCUT2D eigenvalue weighted by molar-refractivity contribution is 5.62. The summed E-state index contributed by atoms with van der Waals surface area (Å²) in [6, 6.07) is 5.98. The average Bonchev–Trinajstić information content (AvgIpc) is 3.21. The zero-order valence-corrected chi connectivity index (χ0v) is 17.2. The molecule has 1 saturated carbocycles. The van der Waals surface area contributed by atoms with Crippen molar-refractivity contribution < 1.29 is 19.7 Å². The molecule has 0 amide bonds. The van der Waals surface area contributed by atoms with E-state index in [-0.39, 0.29) is 17.9 Å². The first kappa shape index (κ1) is 19.5. The molecule has 5 rings (SSSR count). The Morgan fingerprint density at radius 3 is 2.93 bits per heavy atom. The fourth-order valence-corrected chi connectivity index (χ4v) is 4.79. The van der Waals surface area contributed by atoms with Crippen LogP contribution in [0.1, 0.15) is 41.8 Å². The quantitative estimate of drug-likeness (QED) is 0.713. The fraction of sp³-hybridized carbons (Fsp3) is 0.478. The first-order chi connectivity index (χ1) is 14.5. The van der Waals surface area contributed by atoms with Gasteiger partial charge < -0.3 is 25.0 Å². The van der Waals surface area contributed by atoms with Crippen LogP contribution in [0.4, 0.5) is 0 Å². The summed E-state index contributed by atoms with van der Waals surface area (Å²) >= 11 is 0. The first-order valence-corrected chi connectivity index (χ1v) is 10.5. The first-order valence-electron chi connectivity index (χ1n) is 10.5. The summed E-state index contributed by atoms with van der Waals surface area (Å²) in [6.07, 6.45) is 3.82. The van der Waals surface area contributed by atoms with E-state index in [1.165, 1.54) is 0 Å². The van der Waals surface area contributed by atoms with Crippen molar-refractivity contribution in [3.8, 4) is 11.5 Å². The van der Waals surface area contributed by atoms with Crippen LogP contribution in [0.5, 0.6) is 11.5 Å². The summed E-state index contributed by atoms with van der Waals surface area (Å²) in [6.45, 7) is 5.26. The SMILES string of the molecule is Cc1ncnc2c1C=CC2[C@@H]1C[C@H](Oc2cccc3c2CN[C@@H](C)CO3)[C@@H](O)[C@H]1O. The minimum absolute atomic E-state index is 0.0568. The van der Waals surface area contributed by atoms with E-state index in [9.17, 15) is 10.2 Å².